The van der Waals surface area contributed by atoms with Gasteiger partial charge in [-0.15, -0.1) is 0 Å². The van der Waals surface area contributed by atoms with Gasteiger partial charge < -0.3 is 15.0 Å². The molecule has 2 heterocycles. The molecule has 1 aliphatic rings. The molecule has 3 rings (SSSR count). The molecule has 0 bridgehead atoms. The molecule has 21 heavy (non-hydrogen) atoms. The van der Waals surface area contributed by atoms with Crippen LogP contribution in [0.15, 0.2) is 30.5 Å². The summed E-state index contributed by atoms with van der Waals surface area (Å²) in [7, 11) is 0. The number of hydrogen-bond acceptors (Lipinski definition) is 3. The first-order valence-electron chi connectivity index (χ1n) is 7.02. The van der Waals surface area contributed by atoms with Crippen LogP contribution in [0.2, 0.25) is 0 Å². The van der Waals surface area contributed by atoms with E-state index in [9.17, 15) is 9.59 Å². The monoisotopic (exact) mass is 286 g/mol. The van der Waals surface area contributed by atoms with E-state index in [1.807, 2.05) is 44.3 Å². The Morgan fingerprint density at radius 1 is 1.43 bits per heavy atom. The number of H-pyrrole nitrogens is 1. The van der Waals surface area contributed by atoms with Crippen LogP contribution in [0.1, 0.15) is 25.8 Å². The van der Waals surface area contributed by atoms with E-state index in [0.29, 0.717) is 6.42 Å². The van der Waals surface area contributed by atoms with Crippen LogP contribution >= 0.6 is 0 Å². The highest BCUT2D eigenvalue weighted by Crippen LogP contribution is 2.26. The molecule has 1 atom stereocenters. The van der Waals surface area contributed by atoms with Crippen LogP contribution in [0.25, 0.3) is 10.9 Å². The third kappa shape index (κ3) is 2.77. The third-order valence-corrected chi connectivity index (χ3v) is 3.72. The van der Waals surface area contributed by atoms with Gasteiger partial charge in [-0.05, 0) is 25.5 Å². The fourth-order valence-corrected chi connectivity index (χ4v) is 2.77. The second kappa shape index (κ2) is 4.91. The maximum Gasteiger partial charge on any atom is 0.329 e. The molecule has 1 aromatic carbocycles. The number of fused-ring (bicyclic) bond motifs is 1. The molecule has 110 valence electrons. The molecule has 5 nitrogen and oxygen atoms in total. The van der Waals surface area contributed by atoms with Gasteiger partial charge in [0.2, 0.25) is 5.91 Å². The van der Waals surface area contributed by atoms with Crippen molar-refractivity contribution in [3.63, 3.8) is 0 Å². The standard InChI is InChI=1S/C16H18N2O3/c1-16(2)8-13(15(20)21-16)18-14(19)7-10-9-17-12-6-4-3-5-11(10)12/h3-6,9,13,17H,7-8H2,1-2H3,(H,18,19). The van der Waals surface area contributed by atoms with E-state index in [-0.39, 0.29) is 18.3 Å². The van der Waals surface area contributed by atoms with Crippen LogP contribution in [0.5, 0.6) is 0 Å². The number of cyclic esters (lactones) is 1. The molecular formula is C16H18N2O3. The van der Waals surface area contributed by atoms with Crippen LogP contribution in [0.4, 0.5) is 0 Å². The minimum absolute atomic E-state index is 0.167. The van der Waals surface area contributed by atoms with Gasteiger partial charge in [-0.3, -0.25) is 4.79 Å². The zero-order valence-corrected chi connectivity index (χ0v) is 12.1. The number of esters is 1. The zero-order valence-electron chi connectivity index (χ0n) is 12.1. The highest BCUT2D eigenvalue weighted by Gasteiger charge is 2.40. The Balaban J connectivity index is 1.69. The second-order valence-corrected chi connectivity index (χ2v) is 6.04. The van der Waals surface area contributed by atoms with Gasteiger partial charge in [0.05, 0.1) is 6.42 Å². The first-order chi connectivity index (χ1) is 9.94. The van der Waals surface area contributed by atoms with Gasteiger partial charge in [-0.2, -0.15) is 0 Å². The summed E-state index contributed by atoms with van der Waals surface area (Å²) in [5, 5.41) is 3.79. The van der Waals surface area contributed by atoms with Crippen LogP contribution in [-0.2, 0) is 20.7 Å². The number of nitrogens with one attached hydrogen (secondary N) is 2. The number of hydrogen-bond donors (Lipinski definition) is 2. The molecule has 1 aliphatic heterocycles. The number of benzene rings is 1. The number of aromatic amines is 1. The van der Waals surface area contributed by atoms with Gasteiger partial charge in [0.25, 0.3) is 0 Å². The molecule has 0 saturated carbocycles. The number of carbonyl (C=O) groups excluding carboxylic acids is 2. The average molecular weight is 286 g/mol. The smallest absolute Gasteiger partial charge is 0.329 e. The van der Waals surface area contributed by atoms with Crippen LogP contribution in [0.3, 0.4) is 0 Å². The third-order valence-electron chi connectivity index (χ3n) is 3.72. The molecule has 0 spiro atoms. The predicted molar refractivity (Wildman–Crippen MR) is 78.7 cm³/mol. The van der Waals surface area contributed by atoms with E-state index in [4.69, 9.17) is 4.74 Å². The SMILES string of the molecule is CC1(C)CC(NC(=O)Cc2c[nH]c3ccccc23)C(=O)O1. The number of amides is 1. The normalized spacial score (nSPS) is 20.5. The van der Waals surface area contributed by atoms with Crippen molar-refractivity contribution in [1.82, 2.24) is 10.3 Å². The van der Waals surface area contributed by atoms with E-state index in [1.165, 1.54) is 0 Å². The van der Waals surface area contributed by atoms with Crippen molar-refractivity contribution < 1.29 is 14.3 Å². The molecule has 5 heteroatoms. The van der Waals surface area contributed by atoms with Crippen LogP contribution in [-0.4, -0.2) is 28.5 Å². The highest BCUT2D eigenvalue weighted by molar-refractivity contribution is 5.91. The van der Waals surface area contributed by atoms with Gasteiger partial charge in [-0.1, -0.05) is 18.2 Å². The van der Waals surface area contributed by atoms with Crippen molar-refractivity contribution in [2.75, 3.05) is 0 Å². The van der Waals surface area contributed by atoms with E-state index < -0.39 is 11.6 Å². The van der Waals surface area contributed by atoms with E-state index >= 15 is 0 Å². The lowest BCUT2D eigenvalue weighted by molar-refractivity contribution is -0.148. The average Bonchev–Trinajstić information content (AvgIpc) is 2.91. The van der Waals surface area contributed by atoms with Crippen LogP contribution < -0.4 is 5.32 Å². The van der Waals surface area contributed by atoms with Crippen molar-refractivity contribution in [2.24, 2.45) is 0 Å². The summed E-state index contributed by atoms with van der Waals surface area (Å²) < 4.78 is 5.21. The molecular weight excluding hydrogens is 268 g/mol. The second-order valence-electron chi connectivity index (χ2n) is 6.04. The lowest BCUT2D eigenvalue weighted by Crippen LogP contribution is -2.39. The van der Waals surface area contributed by atoms with Gasteiger partial charge in [0.1, 0.15) is 11.6 Å². The Morgan fingerprint density at radius 2 is 2.19 bits per heavy atom. The topological polar surface area (TPSA) is 71.2 Å². The summed E-state index contributed by atoms with van der Waals surface area (Å²) in [6.45, 7) is 3.69. The first kappa shape index (κ1) is 13.7. The molecule has 0 aliphatic carbocycles. The lowest BCUT2D eigenvalue weighted by Gasteiger charge is -2.14. The maximum absolute atomic E-state index is 12.1. The minimum atomic E-state index is -0.544. The molecule has 1 aromatic heterocycles. The van der Waals surface area contributed by atoms with Crippen molar-refractivity contribution in [3.05, 3.63) is 36.0 Å². The molecule has 2 aromatic rings. The Hall–Kier alpha value is -2.30. The summed E-state index contributed by atoms with van der Waals surface area (Å²) in [5.74, 6) is -0.522. The molecule has 1 fully saturated rings. The van der Waals surface area contributed by atoms with Crippen molar-refractivity contribution >= 4 is 22.8 Å². The number of carbonyl (C=O) groups is 2. The molecule has 1 amide bonds. The Labute approximate surface area is 122 Å². The zero-order chi connectivity index (χ0) is 15.0. The lowest BCUT2D eigenvalue weighted by atomic mass is 10.0. The van der Waals surface area contributed by atoms with E-state index in [0.717, 1.165) is 16.5 Å². The summed E-state index contributed by atoms with van der Waals surface area (Å²) in [6.07, 6.45) is 2.58. The van der Waals surface area contributed by atoms with E-state index in [2.05, 4.69) is 10.3 Å². The van der Waals surface area contributed by atoms with Gasteiger partial charge in [0.15, 0.2) is 0 Å². The van der Waals surface area contributed by atoms with Crippen molar-refractivity contribution in [1.29, 1.82) is 0 Å². The van der Waals surface area contributed by atoms with Gasteiger partial charge >= 0.3 is 5.97 Å². The summed E-state index contributed by atoms with van der Waals surface area (Å²) in [5.41, 5.74) is 1.42. The quantitative estimate of drug-likeness (QED) is 0.847. The molecule has 2 N–H and O–H groups in total. The van der Waals surface area contributed by atoms with E-state index in [1.54, 1.807) is 0 Å². The number of para-hydroxylation sites is 1. The largest absolute Gasteiger partial charge is 0.458 e. The number of rotatable bonds is 3. The fraction of sp³-hybridized carbons (Fsp3) is 0.375. The first-order valence-corrected chi connectivity index (χ1v) is 7.02. The molecule has 1 saturated heterocycles. The summed E-state index contributed by atoms with van der Waals surface area (Å²) in [4.78, 5) is 27.0. The fourth-order valence-electron chi connectivity index (χ4n) is 2.77. The number of aromatic nitrogens is 1. The summed E-state index contributed by atoms with van der Waals surface area (Å²) >= 11 is 0. The predicted octanol–water partition coefficient (Wildman–Crippen LogP) is 1.92. The Kier molecular flexibility index (Phi) is 3.20. The van der Waals surface area contributed by atoms with Gasteiger partial charge in [0, 0.05) is 23.5 Å². The van der Waals surface area contributed by atoms with Crippen molar-refractivity contribution in [2.45, 2.75) is 38.3 Å². The van der Waals surface area contributed by atoms with Gasteiger partial charge in [-0.25, -0.2) is 4.79 Å². The number of ether oxygens (including phenoxy) is 1. The highest BCUT2D eigenvalue weighted by atomic mass is 16.6. The van der Waals surface area contributed by atoms with Crippen LogP contribution in [0, 0.1) is 0 Å². The van der Waals surface area contributed by atoms with Crippen molar-refractivity contribution in [3.8, 4) is 0 Å². The minimum Gasteiger partial charge on any atom is -0.458 e. The Bertz CT molecular complexity index is 702. The summed E-state index contributed by atoms with van der Waals surface area (Å²) in [6, 6.07) is 7.28. The Morgan fingerprint density at radius 3 is 2.90 bits per heavy atom. The maximum atomic E-state index is 12.1. The molecule has 1 unspecified atom stereocenters. The molecule has 0 radical (unpaired) electrons.